The highest BCUT2D eigenvalue weighted by atomic mass is 32.2. The highest BCUT2D eigenvalue weighted by Crippen LogP contribution is 2.26. The lowest BCUT2D eigenvalue weighted by molar-refractivity contribution is 0.585. The molecule has 4 aromatic rings. The molecule has 0 atom stereocenters. The summed E-state index contributed by atoms with van der Waals surface area (Å²) in [6.07, 6.45) is 1.72. The summed E-state index contributed by atoms with van der Waals surface area (Å²) in [6.45, 7) is 8.18. The van der Waals surface area contributed by atoms with Crippen LogP contribution in [0.25, 0.3) is 16.6 Å². The maximum Gasteiger partial charge on any atom is 0.184 e. The molecule has 0 bridgehead atoms. The first-order valence-corrected chi connectivity index (χ1v) is 11.5. The zero-order valence-electron chi connectivity index (χ0n) is 17.6. The molecule has 0 aliphatic heterocycles. The Morgan fingerprint density at radius 1 is 0.967 bits per heavy atom. The molecule has 6 heteroatoms. The molecule has 0 saturated heterocycles. The van der Waals surface area contributed by atoms with E-state index in [1.165, 1.54) is 0 Å². The van der Waals surface area contributed by atoms with Gasteiger partial charge in [0.1, 0.15) is 0 Å². The third kappa shape index (κ3) is 3.87. The number of nitrogens with zero attached hydrogens (tertiary/aromatic N) is 3. The summed E-state index contributed by atoms with van der Waals surface area (Å²) >= 11 is 0. The predicted octanol–water partition coefficient (Wildman–Crippen LogP) is 5.00. The highest BCUT2D eigenvalue weighted by Gasteiger charge is 2.22. The van der Waals surface area contributed by atoms with Crippen molar-refractivity contribution >= 4 is 20.6 Å². The van der Waals surface area contributed by atoms with E-state index in [1.54, 1.807) is 23.0 Å². The van der Waals surface area contributed by atoms with Crippen molar-refractivity contribution in [3.63, 3.8) is 0 Å². The maximum atomic E-state index is 13.2. The van der Waals surface area contributed by atoms with Gasteiger partial charge in [-0.25, -0.2) is 18.1 Å². The summed E-state index contributed by atoms with van der Waals surface area (Å²) in [5, 5.41) is 6.50. The van der Waals surface area contributed by atoms with Crippen molar-refractivity contribution in [3.8, 4) is 5.82 Å². The molecule has 0 saturated carbocycles. The Morgan fingerprint density at radius 3 is 2.37 bits per heavy atom. The van der Waals surface area contributed by atoms with Crippen LogP contribution in [0.15, 0.2) is 71.8 Å². The van der Waals surface area contributed by atoms with Gasteiger partial charge in [-0.1, -0.05) is 57.2 Å². The molecule has 0 fully saturated rings. The fraction of sp³-hybridized carbons (Fsp3) is 0.250. The minimum Gasteiger partial charge on any atom is -0.237 e. The Labute approximate surface area is 177 Å². The highest BCUT2D eigenvalue weighted by molar-refractivity contribution is 7.90. The number of aromatic nitrogens is 3. The smallest absolute Gasteiger partial charge is 0.184 e. The first kappa shape index (κ1) is 20.3. The average molecular weight is 420 g/mol. The van der Waals surface area contributed by atoms with Gasteiger partial charge in [-0.3, -0.25) is 0 Å². The number of aryl methyl sites for hydroxylation is 1. The van der Waals surface area contributed by atoms with E-state index in [-0.39, 0.29) is 11.2 Å². The SMILES string of the molecule is Cc1cc(CS(=O)(=O)c2ccc(C(C)(C)C)cc2)n(-c2nccc3ccccc23)n1. The molecule has 0 spiro atoms. The van der Waals surface area contributed by atoms with Gasteiger partial charge in [0.15, 0.2) is 15.7 Å². The molecule has 2 aromatic carbocycles. The van der Waals surface area contributed by atoms with E-state index in [2.05, 4.69) is 30.9 Å². The molecule has 5 nitrogen and oxygen atoms in total. The van der Waals surface area contributed by atoms with Crippen LogP contribution in [0.4, 0.5) is 0 Å². The fourth-order valence-corrected chi connectivity index (χ4v) is 4.86. The largest absolute Gasteiger partial charge is 0.237 e. The lowest BCUT2D eigenvalue weighted by Crippen LogP contribution is -2.13. The van der Waals surface area contributed by atoms with Crippen molar-refractivity contribution < 1.29 is 8.42 Å². The second kappa shape index (κ2) is 7.36. The normalized spacial score (nSPS) is 12.4. The molecule has 0 N–H and O–H groups in total. The van der Waals surface area contributed by atoms with Crippen LogP contribution < -0.4 is 0 Å². The van der Waals surface area contributed by atoms with Crippen molar-refractivity contribution in [2.75, 3.05) is 0 Å². The van der Waals surface area contributed by atoms with Crippen molar-refractivity contribution in [1.82, 2.24) is 14.8 Å². The number of rotatable bonds is 4. The van der Waals surface area contributed by atoms with Crippen LogP contribution >= 0.6 is 0 Å². The minimum atomic E-state index is -3.53. The monoisotopic (exact) mass is 419 g/mol. The van der Waals surface area contributed by atoms with Crippen LogP contribution in [0.5, 0.6) is 0 Å². The Morgan fingerprint density at radius 2 is 1.67 bits per heavy atom. The van der Waals surface area contributed by atoms with Crippen LogP contribution in [0.1, 0.15) is 37.7 Å². The number of benzene rings is 2. The number of sulfone groups is 1. The number of hydrogen-bond acceptors (Lipinski definition) is 4. The van der Waals surface area contributed by atoms with Crippen LogP contribution in [0.3, 0.4) is 0 Å². The molecule has 0 aliphatic carbocycles. The van der Waals surface area contributed by atoms with E-state index in [0.717, 1.165) is 22.0 Å². The summed E-state index contributed by atoms with van der Waals surface area (Å²) in [4.78, 5) is 4.81. The molecule has 0 aliphatic rings. The predicted molar refractivity (Wildman–Crippen MR) is 120 cm³/mol. The first-order chi connectivity index (χ1) is 14.1. The van der Waals surface area contributed by atoms with E-state index in [9.17, 15) is 8.42 Å². The fourth-order valence-electron chi connectivity index (χ4n) is 3.55. The lowest BCUT2D eigenvalue weighted by Gasteiger charge is -2.19. The maximum absolute atomic E-state index is 13.2. The van der Waals surface area contributed by atoms with Gasteiger partial charge < -0.3 is 0 Å². The molecular formula is C24H25N3O2S. The molecule has 0 unspecified atom stereocenters. The van der Waals surface area contributed by atoms with Crippen LogP contribution in [-0.4, -0.2) is 23.2 Å². The summed E-state index contributed by atoms with van der Waals surface area (Å²) in [7, 11) is -3.53. The van der Waals surface area contributed by atoms with Gasteiger partial charge in [0, 0.05) is 11.6 Å². The quantitative estimate of drug-likeness (QED) is 0.467. The second-order valence-electron chi connectivity index (χ2n) is 8.58. The van der Waals surface area contributed by atoms with Gasteiger partial charge in [-0.2, -0.15) is 5.10 Å². The lowest BCUT2D eigenvalue weighted by atomic mass is 9.87. The average Bonchev–Trinajstić information content (AvgIpc) is 3.06. The van der Waals surface area contributed by atoms with Crippen molar-refractivity contribution in [2.24, 2.45) is 0 Å². The Hall–Kier alpha value is -2.99. The summed E-state index contributed by atoms with van der Waals surface area (Å²) < 4.78 is 28.0. The van der Waals surface area contributed by atoms with Crippen LogP contribution in [-0.2, 0) is 21.0 Å². The summed E-state index contributed by atoms with van der Waals surface area (Å²) in [5.74, 6) is 0.489. The van der Waals surface area contributed by atoms with Gasteiger partial charge in [0.05, 0.1) is 22.0 Å². The zero-order valence-corrected chi connectivity index (χ0v) is 18.4. The molecule has 0 amide bonds. The van der Waals surface area contributed by atoms with E-state index in [0.29, 0.717) is 16.4 Å². The number of pyridine rings is 1. The molecule has 2 heterocycles. The third-order valence-corrected chi connectivity index (χ3v) is 6.84. The van der Waals surface area contributed by atoms with Gasteiger partial charge >= 0.3 is 0 Å². The standard InChI is InChI=1S/C24H25N3O2S/c1-17-15-20(16-30(28,29)21-11-9-19(10-12-21)24(2,3)4)27(26-17)23-22-8-6-5-7-18(22)13-14-25-23/h5-15H,16H2,1-4H3. The summed E-state index contributed by atoms with van der Waals surface area (Å²) in [6, 6.07) is 18.8. The second-order valence-corrected chi connectivity index (χ2v) is 10.6. The van der Waals surface area contributed by atoms with Crippen LogP contribution in [0, 0.1) is 6.92 Å². The molecule has 0 radical (unpaired) electrons. The zero-order chi connectivity index (χ0) is 21.5. The molecule has 4 rings (SSSR count). The molecule has 2 aromatic heterocycles. The third-order valence-electron chi connectivity index (χ3n) is 5.18. The van der Waals surface area contributed by atoms with Gasteiger partial charge in [-0.15, -0.1) is 0 Å². The van der Waals surface area contributed by atoms with E-state index < -0.39 is 9.84 Å². The van der Waals surface area contributed by atoms with E-state index >= 15 is 0 Å². The van der Waals surface area contributed by atoms with Gasteiger partial charge in [0.25, 0.3) is 0 Å². The number of hydrogen-bond donors (Lipinski definition) is 0. The minimum absolute atomic E-state index is 0.0297. The van der Waals surface area contributed by atoms with Gasteiger partial charge in [0.2, 0.25) is 0 Å². The summed E-state index contributed by atoms with van der Waals surface area (Å²) in [5.41, 5.74) is 2.41. The van der Waals surface area contributed by atoms with Gasteiger partial charge in [-0.05, 0) is 47.6 Å². The molecular weight excluding hydrogens is 394 g/mol. The van der Waals surface area contributed by atoms with Crippen LogP contribution in [0.2, 0.25) is 0 Å². The Balaban J connectivity index is 1.74. The first-order valence-electron chi connectivity index (χ1n) is 9.88. The molecule has 154 valence electrons. The number of fused-ring (bicyclic) bond motifs is 1. The Kier molecular flexibility index (Phi) is 4.98. The van der Waals surface area contributed by atoms with Crippen molar-refractivity contribution in [2.45, 2.75) is 43.8 Å². The molecule has 30 heavy (non-hydrogen) atoms. The topological polar surface area (TPSA) is 64.8 Å². The Bertz CT molecular complexity index is 1310. The van der Waals surface area contributed by atoms with Crippen molar-refractivity contribution in [1.29, 1.82) is 0 Å². The van der Waals surface area contributed by atoms with E-state index in [4.69, 9.17) is 0 Å². The van der Waals surface area contributed by atoms with E-state index in [1.807, 2.05) is 55.5 Å². The van der Waals surface area contributed by atoms with Crippen molar-refractivity contribution in [3.05, 3.63) is 83.8 Å².